The third kappa shape index (κ3) is 4.28. The fraction of sp³-hybridized carbons (Fsp3) is 0.556. The second kappa shape index (κ2) is 7.28. The largest absolute Gasteiger partial charge is 0.416 e. The van der Waals surface area contributed by atoms with E-state index in [-0.39, 0.29) is 17.3 Å². The van der Waals surface area contributed by atoms with Crippen LogP contribution in [0.15, 0.2) is 24.3 Å². The van der Waals surface area contributed by atoms with Crippen LogP contribution in [0.2, 0.25) is 0 Å². The van der Waals surface area contributed by atoms with E-state index in [2.05, 4.69) is 29.3 Å². The minimum absolute atomic E-state index is 0.0566. The van der Waals surface area contributed by atoms with Crippen LogP contribution < -0.4 is 0 Å². The Bertz CT molecular complexity index is 809. The third-order valence-corrected chi connectivity index (χ3v) is 4.76. The fourth-order valence-electron chi connectivity index (χ4n) is 3.55. The van der Waals surface area contributed by atoms with Crippen molar-refractivity contribution in [3.05, 3.63) is 29.8 Å². The summed E-state index contributed by atoms with van der Waals surface area (Å²) in [5.41, 5.74) is -0.576. The lowest BCUT2D eigenvalue weighted by atomic mass is 9.91. The Labute approximate surface area is 155 Å². The second-order valence-corrected chi connectivity index (χ2v) is 7.38. The maximum Gasteiger partial charge on any atom is 0.416 e. The molecule has 3 unspecified atom stereocenters. The Morgan fingerprint density at radius 3 is 2.52 bits per heavy atom. The molecule has 0 spiro atoms. The van der Waals surface area contributed by atoms with E-state index in [0.717, 1.165) is 18.6 Å². The molecule has 27 heavy (non-hydrogen) atoms. The van der Waals surface area contributed by atoms with Gasteiger partial charge in [-0.05, 0) is 42.5 Å². The highest BCUT2D eigenvalue weighted by Gasteiger charge is 2.32. The third-order valence-electron chi connectivity index (χ3n) is 4.76. The molecule has 6 nitrogen and oxygen atoms in total. The highest BCUT2D eigenvalue weighted by molar-refractivity contribution is 5.80. The molecule has 2 heterocycles. The van der Waals surface area contributed by atoms with Gasteiger partial charge in [0.1, 0.15) is 6.04 Å². The van der Waals surface area contributed by atoms with Gasteiger partial charge in [0.15, 0.2) is 0 Å². The van der Waals surface area contributed by atoms with Gasteiger partial charge in [0, 0.05) is 18.7 Å². The zero-order valence-corrected chi connectivity index (χ0v) is 15.4. The van der Waals surface area contributed by atoms with E-state index in [9.17, 15) is 18.0 Å². The minimum atomic E-state index is -4.45. The van der Waals surface area contributed by atoms with E-state index >= 15 is 0 Å². The van der Waals surface area contributed by atoms with Gasteiger partial charge < -0.3 is 4.90 Å². The van der Waals surface area contributed by atoms with Crippen LogP contribution in [0, 0.1) is 11.8 Å². The number of hydrogen-bond acceptors (Lipinski definition) is 4. The highest BCUT2D eigenvalue weighted by Crippen LogP contribution is 2.31. The number of alkyl halides is 3. The molecule has 1 saturated heterocycles. The van der Waals surface area contributed by atoms with Crippen molar-refractivity contribution in [1.82, 2.24) is 25.1 Å². The Morgan fingerprint density at radius 1 is 1.22 bits per heavy atom. The van der Waals surface area contributed by atoms with Gasteiger partial charge in [-0.3, -0.25) is 4.79 Å². The summed E-state index contributed by atoms with van der Waals surface area (Å²) >= 11 is 0. The average molecular weight is 381 g/mol. The molecule has 146 valence electrons. The minimum Gasteiger partial charge on any atom is -0.340 e. The van der Waals surface area contributed by atoms with Crippen molar-refractivity contribution in [2.24, 2.45) is 11.8 Å². The standard InChI is InChI=1S/C18H22F3N5O/c1-11-7-12(2)10-25(9-11)17(27)13(3)26-23-16(22-24-26)14-5-4-6-15(8-14)18(19,20)21/h4-6,8,11-13H,7,9-10H2,1-3H3. The molecule has 1 aliphatic heterocycles. The summed E-state index contributed by atoms with van der Waals surface area (Å²) in [6.07, 6.45) is -3.36. The highest BCUT2D eigenvalue weighted by atomic mass is 19.4. The molecule has 0 bridgehead atoms. The summed E-state index contributed by atoms with van der Waals surface area (Å²) in [7, 11) is 0. The maximum atomic E-state index is 12.9. The van der Waals surface area contributed by atoms with E-state index in [4.69, 9.17) is 0 Å². The summed E-state index contributed by atoms with van der Waals surface area (Å²) in [6, 6.07) is 4.07. The van der Waals surface area contributed by atoms with E-state index in [1.165, 1.54) is 16.9 Å². The van der Waals surface area contributed by atoms with Crippen molar-refractivity contribution in [3.63, 3.8) is 0 Å². The molecule has 0 saturated carbocycles. The SMILES string of the molecule is CC1CC(C)CN(C(=O)C(C)n2nnc(-c3cccc(C(F)(F)F)c3)n2)C1. The van der Waals surface area contributed by atoms with Crippen LogP contribution in [-0.4, -0.2) is 44.1 Å². The Hall–Kier alpha value is -2.45. The molecule has 1 aromatic carbocycles. The predicted molar refractivity (Wildman–Crippen MR) is 92.5 cm³/mol. The van der Waals surface area contributed by atoms with E-state index in [1.807, 2.05) is 0 Å². The number of nitrogens with zero attached hydrogens (tertiary/aromatic N) is 5. The number of rotatable bonds is 3. The van der Waals surface area contributed by atoms with E-state index in [1.54, 1.807) is 11.8 Å². The summed E-state index contributed by atoms with van der Waals surface area (Å²) in [5, 5.41) is 11.9. The molecule has 1 fully saturated rings. The van der Waals surface area contributed by atoms with Crippen LogP contribution in [-0.2, 0) is 11.0 Å². The lowest BCUT2D eigenvalue weighted by Crippen LogP contribution is -2.45. The first kappa shape index (κ1) is 19.3. The first-order valence-electron chi connectivity index (χ1n) is 8.91. The predicted octanol–water partition coefficient (Wildman–Crippen LogP) is 3.42. The number of aromatic nitrogens is 4. The van der Waals surface area contributed by atoms with Crippen molar-refractivity contribution in [1.29, 1.82) is 0 Å². The first-order chi connectivity index (χ1) is 12.6. The lowest BCUT2D eigenvalue weighted by molar-refractivity contribution is -0.138. The molecule has 0 radical (unpaired) electrons. The van der Waals surface area contributed by atoms with Crippen molar-refractivity contribution in [2.75, 3.05) is 13.1 Å². The molecule has 0 aliphatic carbocycles. The summed E-state index contributed by atoms with van der Waals surface area (Å²) in [5.74, 6) is 0.797. The number of likely N-dealkylation sites (tertiary alicyclic amines) is 1. The molecule has 3 atom stereocenters. The van der Waals surface area contributed by atoms with Gasteiger partial charge in [-0.2, -0.15) is 18.0 Å². The smallest absolute Gasteiger partial charge is 0.340 e. The lowest BCUT2D eigenvalue weighted by Gasteiger charge is -2.36. The number of halogens is 3. The molecule has 0 N–H and O–H groups in total. The van der Waals surface area contributed by atoms with Gasteiger partial charge >= 0.3 is 6.18 Å². The van der Waals surface area contributed by atoms with Crippen LogP contribution in [0.3, 0.4) is 0 Å². The Balaban J connectivity index is 1.78. The van der Waals surface area contributed by atoms with Gasteiger partial charge in [-0.15, -0.1) is 10.2 Å². The molecular formula is C18H22F3N5O. The number of piperidine rings is 1. The van der Waals surface area contributed by atoms with Crippen molar-refractivity contribution < 1.29 is 18.0 Å². The number of carbonyl (C=O) groups excluding carboxylic acids is 1. The molecule has 9 heteroatoms. The normalized spacial score (nSPS) is 21.9. The van der Waals surface area contributed by atoms with E-state index in [0.29, 0.717) is 24.9 Å². The molecule has 1 aromatic heterocycles. The van der Waals surface area contributed by atoms with Gasteiger partial charge in [-0.25, -0.2) is 0 Å². The van der Waals surface area contributed by atoms with E-state index < -0.39 is 17.8 Å². The summed E-state index contributed by atoms with van der Waals surface area (Å²) < 4.78 is 38.6. The van der Waals surface area contributed by atoms with Crippen molar-refractivity contribution >= 4 is 5.91 Å². The van der Waals surface area contributed by atoms with Gasteiger partial charge in [-0.1, -0.05) is 26.0 Å². The molecular weight excluding hydrogens is 359 g/mol. The van der Waals surface area contributed by atoms with Crippen LogP contribution in [0.1, 0.15) is 38.8 Å². The molecule has 2 aromatic rings. The maximum absolute atomic E-state index is 12.9. The monoisotopic (exact) mass is 381 g/mol. The number of amides is 1. The number of tetrazole rings is 1. The van der Waals surface area contributed by atoms with Crippen molar-refractivity contribution in [2.45, 2.75) is 39.4 Å². The summed E-state index contributed by atoms with van der Waals surface area (Å²) in [6.45, 7) is 7.26. The number of benzene rings is 1. The summed E-state index contributed by atoms with van der Waals surface area (Å²) in [4.78, 5) is 15.7. The molecule has 1 aliphatic rings. The van der Waals surface area contributed by atoms with Crippen LogP contribution in [0.5, 0.6) is 0 Å². The zero-order chi connectivity index (χ0) is 19.8. The van der Waals surface area contributed by atoms with Crippen molar-refractivity contribution in [3.8, 4) is 11.4 Å². The fourth-order valence-corrected chi connectivity index (χ4v) is 3.55. The Morgan fingerprint density at radius 2 is 1.89 bits per heavy atom. The average Bonchev–Trinajstić information content (AvgIpc) is 3.09. The number of carbonyl (C=O) groups is 1. The van der Waals surface area contributed by atoms with Crippen LogP contribution >= 0.6 is 0 Å². The first-order valence-corrected chi connectivity index (χ1v) is 8.91. The molecule has 3 rings (SSSR count). The number of hydrogen-bond donors (Lipinski definition) is 0. The molecule has 1 amide bonds. The van der Waals surface area contributed by atoms with Crippen LogP contribution in [0.4, 0.5) is 13.2 Å². The second-order valence-electron chi connectivity index (χ2n) is 7.38. The topological polar surface area (TPSA) is 63.9 Å². The quantitative estimate of drug-likeness (QED) is 0.817. The Kier molecular flexibility index (Phi) is 5.21. The zero-order valence-electron chi connectivity index (χ0n) is 15.4. The van der Waals surface area contributed by atoms with Gasteiger partial charge in [0.25, 0.3) is 0 Å². The van der Waals surface area contributed by atoms with Gasteiger partial charge in [0.05, 0.1) is 5.56 Å². The van der Waals surface area contributed by atoms with Crippen LogP contribution in [0.25, 0.3) is 11.4 Å². The van der Waals surface area contributed by atoms with Gasteiger partial charge in [0.2, 0.25) is 11.7 Å².